The van der Waals surface area contributed by atoms with E-state index < -0.39 is 0 Å². The van der Waals surface area contributed by atoms with Gasteiger partial charge in [-0.05, 0) is 19.1 Å². The molecule has 0 aliphatic carbocycles. The first-order chi connectivity index (χ1) is 13.1. The zero-order valence-electron chi connectivity index (χ0n) is 15.8. The maximum absolute atomic E-state index is 7.61. The van der Waals surface area contributed by atoms with Crippen molar-refractivity contribution in [1.29, 1.82) is 0 Å². The summed E-state index contributed by atoms with van der Waals surface area (Å²) < 4.78 is 4.40. The topological polar surface area (TPSA) is 12.1 Å². The largest absolute Gasteiger partial charge is 0.238 e. The molecule has 0 unspecified atom stereocenters. The highest BCUT2D eigenvalue weighted by molar-refractivity contribution is 5.76. The number of benzene rings is 2. The number of nitrogens with zero attached hydrogens (tertiary/aromatic N) is 3. The smallest absolute Gasteiger partial charge is 0.218 e. The van der Waals surface area contributed by atoms with Crippen LogP contribution in [-0.4, -0.2) is 0 Å². The van der Waals surface area contributed by atoms with Gasteiger partial charge in [0.15, 0.2) is 23.3 Å². The van der Waals surface area contributed by atoms with E-state index in [2.05, 4.69) is 83.4 Å². The molecule has 0 fully saturated rings. The Morgan fingerprint density at radius 1 is 0.778 bits per heavy atom. The molecule has 3 heteroatoms. The molecule has 4 aromatic rings. The van der Waals surface area contributed by atoms with Crippen LogP contribution in [0.2, 0.25) is 0 Å². The van der Waals surface area contributed by atoms with Crippen molar-refractivity contribution in [3.05, 3.63) is 101 Å². The molecule has 4 rings (SSSR count). The molecule has 27 heavy (non-hydrogen) atoms. The van der Waals surface area contributed by atoms with Gasteiger partial charge in [0.05, 0.1) is 12.1 Å². The summed E-state index contributed by atoms with van der Waals surface area (Å²) in [7, 11) is 0. The van der Waals surface area contributed by atoms with Crippen LogP contribution in [0, 0.1) is 27.3 Å². The quantitative estimate of drug-likeness (QED) is 0.361. The second-order valence-electron chi connectivity index (χ2n) is 6.80. The number of aryl methyl sites for hydroxylation is 2. The second kappa shape index (κ2) is 6.66. The zero-order chi connectivity index (χ0) is 19.0. The zero-order valence-corrected chi connectivity index (χ0v) is 15.8. The number of hydrogen-bond donors (Lipinski definition) is 0. The fraction of sp³-hybridized carbons (Fsp3) is 0.125. The highest BCUT2D eigenvalue weighted by atomic mass is 15.0. The Kier molecular flexibility index (Phi) is 4.18. The predicted molar refractivity (Wildman–Crippen MR) is 107 cm³/mol. The number of para-hydroxylation sites is 1. The van der Waals surface area contributed by atoms with Gasteiger partial charge in [0.1, 0.15) is 0 Å². The monoisotopic (exact) mass is 351 g/mol. The van der Waals surface area contributed by atoms with Crippen LogP contribution in [0.4, 0.5) is 5.69 Å². The number of rotatable bonds is 2. The standard InChI is InChI=1S/C24H21N3/c1-17-9-7-8-14-26(17)23-15-21(25-4)16-24(19(23)3)27-18(2)12-13-20-10-5-6-11-22(20)27/h5-16H,1-3H3/q+2. The summed E-state index contributed by atoms with van der Waals surface area (Å²) >= 11 is 0. The third kappa shape index (κ3) is 2.86. The van der Waals surface area contributed by atoms with Gasteiger partial charge in [-0.3, -0.25) is 0 Å². The van der Waals surface area contributed by atoms with E-state index in [4.69, 9.17) is 6.57 Å². The van der Waals surface area contributed by atoms with Crippen LogP contribution >= 0.6 is 0 Å². The fourth-order valence-corrected chi connectivity index (χ4v) is 3.64. The summed E-state index contributed by atoms with van der Waals surface area (Å²) in [5.41, 5.74) is 7.28. The molecule has 0 radical (unpaired) electrons. The highest BCUT2D eigenvalue weighted by Crippen LogP contribution is 2.25. The third-order valence-electron chi connectivity index (χ3n) is 5.07. The van der Waals surface area contributed by atoms with Crippen molar-refractivity contribution in [3.8, 4) is 11.4 Å². The van der Waals surface area contributed by atoms with Gasteiger partial charge in [0.2, 0.25) is 16.9 Å². The van der Waals surface area contributed by atoms with Crippen molar-refractivity contribution in [3.63, 3.8) is 0 Å². The minimum absolute atomic E-state index is 0.640. The fourth-order valence-electron chi connectivity index (χ4n) is 3.64. The van der Waals surface area contributed by atoms with Gasteiger partial charge >= 0.3 is 0 Å². The van der Waals surface area contributed by atoms with Crippen LogP contribution in [0.3, 0.4) is 0 Å². The minimum atomic E-state index is 0.640. The normalized spacial score (nSPS) is 10.7. The Hall–Kier alpha value is -3.51. The summed E-state index contributed by atoms with van der Waals surface area (Å²) in [5, 5.41) is 1.18. The average Bonchev–Trinajstić information content (AvgIpc) is 2.69. The third-order valence-corrected chi connectivity index (χ3v) is 5.07. The second-order valence-corrected chi connectivity index (χ2v) is 6.80. The lowest BCUT2D eigenvalue weighted by Crippen LogP contribution is -2.39. The van der Waals surface area contributed by atoms with E-state index in [1.54, 1.807) is 0 Å². The van der Waals surface area contributed by atoms with Gasteiger partial charge in [-0.1, -0.05) is 18.2 Å². The van der Waals surface area contributed by atoms with Crippen molar-refractivity contribution in [2.24, 2.45) is 0 Å². The van der Waals surface area contributed by atoms with Gasteiger partial charge in [-0.15, -0.1) is 0 Å². The Morgan fingerprint density at radius 3 is 2.30 bits per heavy atom. The van der Waals surface area contributed by atoms with Crippen molar-refractivity contribution in [2.75, 3.05) is 0 Å². The Morgan fingerprint density at radius 2 is 1.52 bits per heavy atom. The molecule has 2 aromatic heterocycles. The lowest BCUT2D eigenvalue weighted by Gasteiger charge is -2.09. The van der Waals surface area contributed by atoms with Crippen LogP contribution in [0.1, 0.15) is 17.0 Å². The van der Waals surface area contributed by atoms with E-state index in [1.807, 2.05) is 24.3 Å². The van der Waals surface area contributed by atoms with Gasteiger partial charge in [-0.25, -0.2) is 4.85 Å². The van der Waals surface area contributed by atoms with E-state index in [0.29, 0.717) is 5.69 Å². The lowest BCUT2D eigenvalue weighted by atomic mass is 10.1. The number of pyridine rings is 2. The van der Waals surface area contributed by atoms with E-state index in [-0.39, 0.29) is 0 Å². The number of hydrogen-bond acceptors (Lipinski definition) is 0. The number of fused-ring (bicyclic) bond motifs is 1. The summed E-state index contributed by atoms with van der Waals surface area (Å²) in [4.78, 5) is 3.75. The molecule has 0 N–H and O–H groups in total. The molecular weight excluding hydrogens is 330 g/mol. The van der Waals surface area contributed by atoms with Crippen molar-refractivity contribution < 1.29 is 9.13 Å². The molecule has 0 spiro atoms. The molecule has 130 valence electrons. The summed E-state index contributed by atoms with van der Waals surface area (Å²) in [6, 6.07) is 22.7. The minimum Gasteiger partial charge on any atom is -0.238 e. The van der Waals surface area contributed by atoms with Gasteiger partial charge in [0.25, 0.3) is 0 Å². The molecule has 0 bridgehead atoms. The molecule has 3 nitrogen and oxygen atoms in total. The van der Waals surface area contributed by atoms with Crippen LogP contribution in [0.5, 0.6) is 0 Å². The Bertz CT molecular complexity index is 1220. The molecule has 0 atom stereocenters. The highest BCUT2D eigenvalue weighted by Gasteiger charge is 2.25. The Labute approximate surface area is 159 Å². The summed E-state index contributed by atoms with van der Waals surface area (Å²) in [6.45, 7) is 13.9. The lowest BCUT2D eigenvalue weighted by molar-refractivity contribution is -0.605. The van der Waals surface area contributed by atoms with Crippen molar-refractivity contribution >= 4 is 16.6 Å². The first-order valence-corrected chi connectivity index (χ1v) is 9.00. The predicted octanol–water partition coefficient (Wildman–Crippen LogP) is 4.87. The van der Waals surface area contributed by atoms with Crippen molar-refractivity contribution in [1.82, 2.24) is 0 Å². The van der Waals surface area contributed by atoms with Crippen LogP contribution in [-0.2, 0) is 0 Å². The molecule has 0 saturated carbocycles. The van der Waals surface area contributed by atoms with Crippen LogP contribution < -0.4 is 9.13 Å². The van der Waals surface area contributed by atoms with Crippen LogP contribution in [0.25, 0.3) is 27.1 Å². The van der Waals surface area contributed by atoms with E-state index in [9.17, 15) is 0 Å². The first-order valence-electron chi connectivity index (χ1n) is 9.00. The molecule has 2 heterocycles. The van der Waals surface area contributed by atoms with Crippen molar-refractivity contribution in [2.45, 2.75) is 20.8 Å². The maximum atomic E-state index is 7.61. The Balaban J connectivity index is 2.10. The van der Waals surface area contributed by atoms with E-state index in [1.165, 1.54) is 5.39 Å². The van der Waals surface area contributed by atoms with Crippen LogP contribution in [0.15, 0.2) is 72.9 Å². The maximum Gasteiger partial charge on any atom is 0.218 e. The van der Waals surface area contributed by atoms with Gasteiger partial charge in [-0.2, -0.15) is 9.13 Å². The summed E-state index contributed by atoms with van der Waals surface area (Å²) in [6.07, 6.45) is 2.05. The molecule has 0 saturated heterocycles. The van der Waals surface area contributed by atoms with Gasteiger partial charge in [0, 0.05) is 55.6 Å². The van der Waals surface area contributed by atoms with Gasteiger partial charge < -0.3 is 0 Å². The average molecular weight is 351 g/mol. The molecule has 0 aliphatic heterocycles. The number of aromatic nitrogens is 2. The molecule has 2 aromatic carbocycles. The molecular formula is C24H21N3+2. The van der Waals surface area contributed by atoms with E-state index >= 15 is 0 Å². The first kappa shape index (κ1) is 16.9. The summed E-state index contributed by atoms with van der Waals surface area (Å²) in [5.74, 6) is 0. The van der Waals surface area contributed by atoms with E-state index in [0.717, 1.165) is 33.8 Å². The molecule has 0 amide bonds. The molecule has 0 aliphatic rings. The SMILES string of the molecule is [C-]#[N+]c1cc(-[n+]2ccccc2C)c(C)c(-[n+]2c(C)ccc3ccccc32)c1.